The van der Waals surface area contributed by atoms with Gasteiger partial charge in [-0.2, -0.15) is 4.99 Å². The van der Waals surface area contributed by atoms with Crippen LogP contribution >= 0.6 is 23.1 Å². The number of carbonyl (C=O) groups is 2. The summed E-state index contributed by atoms with van der Waals surface area (Å²) in [7, 11) is 0. The van der Waals surface area contributed by atoms with Crippen molar-refractivity contribution < 1.29 is 9.59 Å². The fourth-order valence-electron chi connectivity index (χ4n) is 1.27. The molecule has 0 aromatic carbocycles. The zero-order valence-corrected chi connectivity index (χ0v) is 10.2. The maximum atomic E-state index is 11.6. The van der Waals surface area contributed by atoms with Crippen LogP contribution < -0.4 is 5.32 Å². The summed E-state index contributed by atoms with van der Waals surface area (Å²) >= 11 is 2.66. The highest BCUT2D eigenvalue weighted by atomic mass is 32.2. The summed E-state index contributed by atoms with van der Waals surface area (Å²) < 4.78 is 0. The Labute approximate surface area is 101 Å². The van der Waals surface area contributed by atoms with Gasteiger partial charge >= 0.3 is 0 Å². The van der Waals surface area contributed by atoms with Crippen molar-refractivity contribution in [2.24, 2.45) is 4.99 Å². The molecule has 84 valence electrons. The van der Waals surface area contributed by atoms with Crippen LogP contribution in [0.15, 0.2) is 22.5 Å². The summed E-state index contributed by atoms with van der Waals surface area (Å²) in [6, 6.07) is 3.52. The predicted octanol–water partition coefficient (Wildman–Crippen LogP) is 1.89. The number of thioether (sulfide) groups is 1. The van der Waals surface area contributed by atoms with Gasteiger partial charge in [-0.15, -0.1) is 11.3 Å². The van der Waals surface area contributed by atoms with Crippen molar-refractivity contribution in [3.05, 3.63) is 22.4 Å². The molecule has 1 N–H and O–H groups in total. The number of hydrogen-bond donors (Lipinski definition) is 1. The second kappa shape index (κ2) is 4.80. The van der Waals surface area contributed by atoms with E-state index in [2.05, 4.69) is 10.3 Å². The highest BCUT2D eigenvalue weighted by Gasteiger charge is 2.29. The van der Waals surface area contributed by atoms with Gasteiger partial charge in [0, 0.05) is 0 Å². The molecule has 1 aromatic heterocycles. The second-order valence-electron chi connectivity index (χ2n) is 3.20. The smallest absolute Gasteiger partial charge is 0.289 e. The Hall–Kier alpha value is -1.14. The molecule has 4 nitrogen and oxygen atoms in total. The molecule has 0 spiro atoms. The van der Waals surface area contributed by atoms with Crippen LogP contribution in [0.25, 0.3) is 0 Å². The van der Waals surface area contributed by atoms with E-state index in [-0.39, 0.29) is 17.1 Å². The van der Waals surface area contributed by atoms with Gasteiger partial charge in [0.2, 0.25) is 5.91 Å². The van der Waals surface area contributed by atoms with Crippen LogP contribution in [0.5, 0.6) is 0 Å². The van der Waals surface area contributed by atoms with Crippen LogP contribution in [0.3, 0.4) is 0 Å². The SMILES string of the molecule is CC[C@@H]1SC(=NC(=O)c2cccs2)NC1=O. The molecular formula is C10H10N2O2S2. The van der Waals surface area contributed by atoms with E-state index < -0.39 is 0 Å². The fraction of sp³-hybridized carbons (Fsp3) is 0.300. The van der Waals surface area contributed by atoms with Crippen molar-refractivity contribution in [2.75, 3.05) is 0 Å². The van der Waals surface area contributed by atoms with Gasteiger partial charge in [-0.25, -0.2) is 0 Å². The maximum absolute atomic E-state index is 11.6. The first-order valence-electron chi connectivity index (χ1n) is 4.84. The van der Waals surface area contributed by atoms with Gasteiger partial charge in [0.25, 0.3) is 5.91 Å². The lowest BCUT2D eigenvalue weighted by Gasteiger charge is -1.96. The topological polar surface area (TPSA) is 58.5 Å². The quantitative estimate of drug-likeness (QED) is 0.876. The molecule has 2 amide bonds. The van der Waals surface area contributed by atoms with E-state index in [1.807, 2.05) is 12.3 Å². The molecule has 0 unspecified atom stereocenters. The minimum absolute atomic E-state index is 0.0646. The Morgan fingerprint density at radius 3 is 3.00 bits per heavy atom. The third-order valence-electron chi connectivity index (χ3n) is 2.08. The normalized spacial score (nSPS) is 22.4. The Morgan fingerprint density at radius 2 is 2.44 bits per heavy atom. The number of nitrogens with zero attached hydrogens (tertiary/aromatic N) is 1. The molecule has 2 heterocycles. The number of thiophene rings is 1. The lowest BCUT2D eigenvalue weighted by atomic mass is 10.3. The summed E-state index contributed by atoms with van der Waals surface area (Å²) in [5.74, 6) is -0.361. The summed E-state index contributed by atoms with van der Waals surface area (Å²) in [5, 5.41) is 4.72. The molecule has 0 saturated carbocycles. The molecule has 1 aromatic rings. The first-order valence-corrected chi connectivity index (χ1v) is 6.60. The summed E-state index contributed by atoms with van der Waals surface area (Å²) in [6.45, 7) is 1.93. The zero-order valence-electron chi connectivity index (χ0n) is 8.60. The van der Waals surface area contributed by atoms with E-state index in [1.54, 1.807) is 12.1 Å². The number of hydrogen-bond acceptors (Lipinski definition) is 4. The van der Waals surface area contributed by atoms with Gasteiger partial charge in [0.15, 0.2) is 5.17 Å². The Kier molecular flexibility index (Phi) is 3.40. The molecule has 1 fully saturated rings. The van der Waals surface area contributed by atoms with Crippen molar-refractivity contribution in [3.63, 3.8) is 0 Å². The molecular weight excluding hydrogens is 244 g/mol. The van der Waals surface area contributed by atoms with Crippen molar-refractivity contribution in [2.45, 2.75) is 18.6 Å². The van der Waals surface area contributed by atoms with Crippen LogP contribution in [0, 0.1) is 0 Å². The summed E-state index contributed by atoms with van der Waals surface area (Å²) in [5.41, 5.74) is 0. The minimum Gasteiger partial charge on any atom is -0.304 e. The van der Waals surface area contributed by atoms with Crippen LogP contribution in [-0.2, 0) is 4.79 Å². The monoisotopic (exact) mass is 254 g/mol. The average Bonchev–Trinajstić information content (AvgIpc) is 2.87. The van der Waals surface area contributed by atoms with Gasteiger partial charge in [0.1, 0.15) is 0 Å². The summed E-state index contributed by atoms with van der Waals surface area (Å²) in [6.07, 6.45) is 0.739. The third kappa shape index (κ3) is 2.33. The Balaban J connectivity index is 2.09. The number of carbonyl (C=O) groups excluding carboxylic acids is 2. The standard InChI is InChI=1S/C10H10N2O2S2/c1-2-6-8(13)11-10(16-6)12-9(14)7-4-3-5-15-7/h3-6H,2H2,1H3,(H,11,12,13,14)/t6-/m0/s1. The molecule has 1 aliphatic rings. The molecule has 1 aliphatic heterocycles. The predicted molar refractivity (Wildman–Crippen MR) is 65.9 cm³/mol. The lowest BCUT2D eigenvalue weighted by molar-refractivity contribution is -0.118. The molecule has 16 heavy (non-hydrogen) atoms. The lowest BCUT2D eigenvalue weighted by Crippen LogP contribution is -2.24. The molecule has 0 aliphatic carbocycles. The highest BCUT2D eigenvalue weighted by molar-refractivity contribution is 8.15. The molecule has 1 atom stereocenters. The van der Waals surface area contributed by atoms with Gasteiger partial charge in [-0.1, -0.05) is 24.8 Å². The van der Waals surface area contributed by atoms with Crippen molar-refractivity contribution in [3.8, 4) is 0 Å². The van der Waals surface area contributed by atoms with Crippen LogP contribution in [0.1, 0.15) is 23.0 Å². The van der Waals surface area contributed by atoms with E-state index in [0.717, 1.165) is 6.42 Å². The number of amidine groups is 1. The van der Waals surface area contributed by atoms with E-state index in [9.17, 15) is 9.59 Å². The zero-order chi connectivity index (χ0) is 11.5. The Morgan fingerprint density at radius 1 is 1.62 bits per heavy atom. The third-order valence-corrected chi connectivity index (χ3v) is 4.19. The van der Waals surface area contributed by atoms with Gasteiger partial charge < -0.3 is 5.32 Å². The van der Waals surface area contributed by atoms with E-state index in [1.165, 1.54) is 23.1 Å². The number of rotatable bonds is 2. The molecule has 1 saturated heterocycles. The molecule has 6 heteroatoms. The highest BCUT2D eigenvalue weighted by Crippen LogP contribution is 2.22. The van der Waals surface area contributed by atoms with Crippen molar-refractivity contribution >= 4 is 40.1 Å². The van der Waals surface area contributed by atoms with Crippen molar-refractivity contribution in [1.29, 1.82) is 0 Å². The fourth-order valence-corrected chi connectivity index (χ4v) is 2.78. The maximum Gasteiger partial charge on any atom is 0.289 e. The van der Waals surface area contributed by atoms with E-state index >= 15 is 0 Å². The molecule has 0 radical (unpaired) electrons. The van der Waals surface area contributed by atoms with Gasteiger partial charge in [0.05, 0.1) is 10.1 Å². The minimum atomic E-state index is -0.297. The largest absolute Gasteiger partial charge is 0.304 e. The number of nitrogens with one attached hydrogen (secondary N) is 1. The number of aliphatic imine (C=N–C) groups is 1. The number of amides is 2. The average molecular weight is 254 g/mol. The van der Waals surface area contributed by atoms with Crippen LogP contribution in [-0.4, -0.2) is 22.2 Å². The van der Waals surface area contributed by atoms with Gasteiger partial charge in [-0.05, 0) is 17.9 Å². The van der Waals surface area contributed by atoms with Crippen LogP contribution in [0.2, 0.25) is 0 Å². The van der Waals surface area contributed by atoms with E-state index in [4.69, 9.17) is 0 Å². The van der Waals surface area contributed by atoms with E-state index in [0.29, 0.717) is 10.0 Å². The first kappa shape index (κ1) is 11.3. The second-order valence-corrected chi connectivity index (χ2v) is 5.34. The molecule has 2 rings (SSSR count). The van der Waals surface area contributed by atoms with Gasteiger partial charge in [-0.3, -0.25) is 9.59 Å². The Bertz CT molecular complexity index is 440. The van der Waals surface area contributed by atoms with Crippen molar-refractivity contribution in [1.82, 2.24) is 5.32 Å². The summed E-state index contributed by atoms with van der Waals surface area (Å²) in [4.78, 5) is 27.5. The molecule has 0 bridgehead atoms. The van der Waals surface area contributed by atoms with Crippen LogP contribution in [0.4, 0.5) is 0 Å². The first-order chi connectivity index (χ1) is 7.70.